The minimum Gasteiger partial charge on any atom is -0.493 e. The monoisotopic (exact) mass is 408 g/mol. The van der Waals surface area contributed by atoms with Gasteiger partial charge in [0.15, 0.2) is 5.78 Å². The van der Waals surface area contributed by atoms with Crippen molar-refractivity contribution in [2.45, 2.75) is 46.6 Å². The second kappa shape index (κ2) is 8.72. The van der Waals surface area contributed by atoms with Crippen molar-refractivity contribution >= 4 is 11.7 Å². The van der Waals surface area contributed by atoms with Crippen LogP contribution in [0, 0.1) is 5.92 Å². The molecule has 0 radical (unpaired) electrons. The van der Waals surface area contributed by atoms with Gasteiger partial charge in [-0.2, -0.15) is 0 Å². The van der Waals surface area contributed by atoms with Crippen molar-refractivity contribution in [3.63, 3.8) is 0 Å². The highest BCUT2D eigenvalue weighted by Crippen LogP contribution is 2.31. The smallest absolute Gasteiger partial charge is 0.225 e. The third-order valence-corrected chi connectivity index (χ3v) is 6.18. The van der Waals surface area contributed by atoms with Crippen LogP contribution in [-0.4, -0.2) is 53.4 Å². The Hall–Kier alpha value is -2.47. The number of benzene rings is 1. The Morgan fingerprint density at radius 2 is 1.93 bits per heavy atom. The maximum atomic E-state index is 11.9. The van der Waals surface area contributed by atoms with E-state index in [0.29, 0.717) is 17.5 Å². The average molecular weight is 409 g/mol. The molecule has 2 aliphatic heterocycles. The molecule has 1 aromatic carbocycles. The van der Waals surface area contributed by atoms with E-state index in [1.54, 1.807) is 13.1 Å². The zero-order chi connectivity index (χ0) is 21.3. The Morgan fingerprint density at radius 3 is 2.63 bits per heavy atom. The van der Waals surface area contributed by atoms with Crippen molar-refractivity contribution in [3.05, 3.63) is 46.8 Å². The Labute approximate surface area is 179 Å². The van der Waals surface area contributed by atoms with E-state index in [9.17, 15) is 4.79 Å². The minimum absolute atomic E-state index is 0.0363. The second-order valence-electron chi connectivity index (χ2n) is 8.85. The van der Waals surface area contributed by atoms with E-state index in [0.717, 1.165) is 63.0 Å². The lowest BCUT2D eigenvalue weighted by Crippen LogP contribution is -2.47. The van der Waals surface area contributed by atoms with Crippen LogP contribution in [0.15, 0.2) is 24.4 Å². The summed E-state index contributed by atoms with van der Waals surface area (Å²) in [5, 5.41) is 0. The predicted molar refractivity (Wildman–Crippen MR) is 118 cm³/mol. The van der Waals surface area contributed by atoms with Gasteiger partial charge in [0.1, 0.15) is 5.75 Å². The molecule has 1 fully saturated rings. The molecule has 2 aliphatic rings. The second-order valence-corrected chi connectivity index (χ2v) is 8.85. The van der Waals surface area contributed by atoms with Gasteiger partial charge in [-0.05, 0) is 43.4 Å². The van der Waals surface area contributed by atoms with Gasteiger partial charge in [-0.1, -0.05) is 26.0 Å². The van der Waals surface area contributed by atoms with Crippen LogP contribution >= 0.6 is 0 Å². The van der Waals surface area contributed by atoms with Gasteiger partial charge in [0.2, 0.25) is 5.95 Å². The standard InChI is InChI=1S/C24H32N4O2/c1-16(2)13-22-21(18(4)29)15-25-24(26-22)28-10-8-27(9-11-28)17(3)20-6-5-19-7-12-30-23(19)14-20/h5-6,14-17H,7-13H2,1-4H3. The van der Waals surface area contributed by atoms with Crippen LogP contribution in [0.25, 0.3) is 0 Å². The summed E-state index contributed by atoms with van der Waals surface area (Å²) >= 11 is 0. The maximum Gasteiger partial charge on any atom is 0.225 e. The number of rotatable bonds is 6. The number of ketones is 1. The molecule has 3 heterocycles. The molecule has 1 aromatic heterocycles. The normalized spacial score (nSPS) is 17.7. The third-order valence-electron chi connectivity index (χ3n) is 6.18. The SMILES string of the molecule is CC(=O)c1cnc(N2CCN(C(C)c3ccc4c(c3)OCC4)CC2)nc1CC(C)C. The largest absolute Gasteiger partial charge is 0.493 e. The van der Waals surface area contributed by atoms with Crippen LogP contribution < -0.4 is 9.64 Å². The van der Waals surface area contributed by atoms with E-state index < -0.39 is 0 Å². The molecular weight excluding hydrogens is 376 g/mol. The van der Waals surface area contributed by atoms with E-state index >= 15 is 0 Å². The van der Waals surface area contributed by atoms with E-state index in [1.165, 1.54) is 11.1 Å². The number of Topliss-reactive ketones (excluding diaryl/α,β-unsaturated/α-hetero) is 1. The fourth-order valence-corrected chi connectivity index (χ4v) is 4.36. The first-order valence-electron chi connectivity index (χ1n) is 11.0. The number of anilines is 1. The van der Waals surface area contributed by atoms with Crippen LogP contribution in [0.4, 0.5) is 5.95 Å². The van der Waals surface area contributed by atoms with Gasteiger partial charge >= 0.3 is 0 Å². The van der Waals surface area contributed by atoms with Gasteiger partial charge < -0.3 is 9.64 Å². The topological polar surface area (TPSA) is 58.6 Å². The fraction of sp³-hybridized carbons (Fsp3) is 0.542. The predicted octanol–water partition coefficient (Wildman–Crippen LogP) is 3.70. The van der Waals surface area contributed by atoms with Crippen molar-refractivity contribution < 1.29 is 9.53 Å². The molecule has 6 nitrogen and oxygen atoms in total. The van der Waals surface area contributed by atoms with Crippen LogP contribution in [0.5, 0.6) is 5.75 Å². The van der Waals surface area contributed by atoms with Gasteiger partial charge in [0.05, 0.1) is 17.9 Å². The summed E-state index contributed by atoms with van der Waals surface area (Å²) < 4.78 is 5.75. The summed E-state index contributed by atoms with van der Waals surface area (Å²) in [6.45, 7) is 12.6. The highest BCUT2D eigenvalue weighted by atomic mass is 16.5. The van der Waals surface area contributed by atoms with E-state index in [2.05, 4.69) is 53.8 Å². The molecule has 0 N–H and O–H groups in total. The molecule has 0 spiro atoms. The molecule has 1 unspecified atom stereocenters. The number of hydrogen-bond acceptors (Lipinski definition) is 6. The molecule has 1 saturated heterocycles. The highest BCUT2D eigenvalue weighted by Gasteiger charge is 2.25. The highest BCUT2D eigenvalue weighted by molar-refractivity contribution is 5.94. The van der Waals surface area contributed by atoms with Crippen molar-refractivity contribution in [1.82, 2.24) is 14.9 Å². The number of carbonyl (C=O) groups excluding carboxylic acids is 1. The number of ether oxygens (including phenoxy) is 1. The molecule has 0 bridgehead atoms. The van der Waals surface area contributed by atoms with Crippen molar-refractivity contribution in [3.8, 4) is 5.75 Å². The number of nitrogens with zero attached hydrogens (tertiary/aromatic N) is 4. The number of fused-ring (bicyclic) bond motifs is 1. The summed E-state index contributed by atoms with van der Waals surface area (Å²) in [7, 11) is 0. The first-order chi connectivity index (χ1) is 14.4. The molecule has 160 valence electrons. The molecule has 2 aromatic rings. The molecule has 4 rings (SSSR count). The minimum atomic E-state index is 0.0363. The lowest BCUT2D eigenvalue weighted by atomic mass is 10.0. The molecule has 6 heteroatoms. The zero-order valence-electron chi connectivity index (χ0n) is 18.5. The number of piperazine rings is 1. The Morgan fingerprint density at radius 1 is 1.17 bits per heavy atom. The van der Waals surface area contributed by atoms with Gasteiger partial charge in [0, 0.05) is 44.8 Å². The van der Waals surface area contributed by atoms with Gasteiger partial charge in [0.25, 0.3) is 0 Å². The number of aromatic nitrogens is 2. The first-order valence-corrected chi connectivity index (χ1v) is 11.0. The van der Waals surface area contributed by atoms with Gasteiger partial charge in [-0.3, -0.25) is 9.69 Å². The number of hydrogen-bond donors (Lipinski definition) is 0. The zero-order valence-corrected chi connectivity index (χ0v) is 18.5. The summed E-state index contributed by atoms with van der Waals surface area (Å²) in [6.07, 6.45) is 3.52. The van der Waals surface area contributed by atoms with Crippen LogP contribution in [-0.2, 0) is 12.8 Å². The van der Waals surface area contributed by atoms with Crippen LogP contribution in [0.1, 0.15) is 60.9 Å². The molecule has 1 atom stereocenters. The Balaban J connectivity index is 1.43. The maximum absolute atomic E-state index is 11.9. The summed E-state index contributed by atoms with van der Waals surface area (Å²) in [4.78, 5) is 26.0. The molecule has 0 aliphatic carbocycles. The van der Waals surface area contributed by atoms with Gasteiger partial charge in [-0.15, -0.1) is 0 Å². The van der Waals surface area contributed by atoms with Crippen molar-refractivity contribution in [2.24, 2.45) is 5.92 Å². The quantitative estimate of drug-likeness (QED) is 0.680. The van der Waals surface area contributed by atoms with E-state index in [-0.39, 0.29) is 5.78 Å². The summed E-state index contributed by atoms with van der Waals surface area (Å²) in [5.74, 6) is 2.28. The molecule has 30 heavy (non-hydrogen) atoms. The number of carbonyl (C=O) groups is 1. The fourth-order valence-electron chi connectivity index (χ4n) is 4.36. The lowest BCUT2D eigenvalue weighted by Gasteiger charge is -2.38. The van der Waals surface area contributed by atoms with E-state index in [1.807, 2.05) is 0 Å². The van der Waals surface area contributed by atoms with E-state index in [4.69, 9.17) is 9.72 Å². The third kappa shape index (κ3) is 4.33. The lowest BCUT2D eigenvalue weighted by molar-refractivity contribution is 0.101. The molecular formula is C24H32N4O2. The molecule has 0 saturated carbocycles. The average Bonchev–Trinajstić information content (AvgIpc) is 3.20. The molecule has 0 amide bonds. The van der Waals surface area contributed by atoms with Crippen molar-refractivity contribution in [2.75, 3.05) is 37.7 Å². The summed E-state index contributed by atoms with van der Waals surface area (Å²) in [6, 6.07) is 7.01. The van der Waals surface area contributed by atoms with Gasteiger partial charge in [-0.25, -0.2) is 9.97 Å². The Bertz CT molecular complexity index is 919. The van der Waals surface area contributed by atoms with Crippen molar-refractivity contribution in [1.29, 1.82) is 0 Å². The first kappa shape index (κ1) is 20.8. The van der Waals surface area contributed by atoms with Crippen LogP contribution in [0.2, 0.25) is 0 Å². The Kier molecular flexibility index (Phi) is 6.04. The van der Waals surface area contributed by atoms with Crippen LogP contribution in [0.3, 0.4) is 0 Å². The summed E-state index contributed by atoms with van der Waals surface area (Å²) in [5.41, 5.74) is 4.15.